The first-order valence-electron chi connectivity index (χ1n) is 13.4. The summed E-state index contributed by atoms with van der Waals surface area (Å²) in [6, 6.07) is 5.80. The molecule has 4 aliphatic rings. The second-order valence-electron chi connectivity index (χ2n) is 10.7. The highest BCUT2D eigenvalue weighted by atomic mass is 16.7. The molecule has 0 bridgehead atoms. The Morgan fingerprint density at radius 1 is 1.11 bits per heavy atom. The quantitative estimate of drug-likeness (QED) is 0.555. The fourth-order valence-electron chi connectivity index (χ4n) is 6.47. The summed E-state index contributed by atoms with van der Waals surface area (Å²) in [5.74, 6) is 1.42. The lowest BCUT2D eigenvalue weighted by molar-refractivity contribution is -0.136. The number of fused-ring (bicyclic) bond motifs is 1. The van der Waals surface area contributed by atoms with Gasteiger partial charge in [0.25, 0.3) is 5.91 Å². The van der Waals surface area contributed by atoms with Crippen LogP contribution in [0.4, 0.5) is 4.79 Å². The second-order valence-corrected chi connectivity index (χ2v) is 10.7. The van der Waals surface area contributed by atoms with Gasteiger partial charge in [0.2, 0.25) is 12.7 Å². The van der Waals surface area contributed by atoms with Crippen LogP contribution in [-0.2, 0) is 16.0 Å². The Labute approximate surface area is 213 Å². The summed E-state index contributed by atoms with van der Waals surface area (Å²) in [5.41, 5.74) is 0.0514. The summed E-state index contributed by atoms with van der Waals surface area (Å²) in [6.45, 7) is 5.01. The molecule has 0 radical (unpaired) electrons. The first-order valence-corrected chi connectivity index (χ1v) is 13.4. The van der Waals surface area contributed by atoms with Crippen LogP contribution >= 0.6 is 0 Å². The highest BCUT2D eigenvalue weighted by Gasteiger charge is 2.55. The number of nitrogens with zero attached hydrogens (tertiary/aromatic N) is 3. The van der Waals surface area contributed by atoms with E-state index < -0.39 is 5.54 Å². The number of carbonyl (C=O) groups excluding carboxylic acids is 3. The maximum absolute atomic E-state index is 13.7. The molecule has 3 fully saturated rings. The summed E-state index contributed by atoms with van der Waals surface area (Å²) in [5, 5.41) is 3.13. The van der Waals surface area contributed by atoms with Crippen molar-refractivity contribution in [2.24, 2.45) is 5.92 Å². The zero-order valence-corrected chi connectivity index (χ0v) is 21.5. The first-order chi connectivity index (χ1) is 17.4. The summed E-state index contributed by atoms with van der Waals surface area (Å²) in [4.78, 5) is 45.3. The number of carbonyl (C=O) groups is 3. The van der Waals surface area contributed by atoms with E-state index in [1.54, 1.807) is 0 Å². The summed E-state index contributed by atoms with van der Waals surface area (Å²) < 4.78 is 10.8. The van der Waals surface area contributed by atoms with Crippen LogP contribution in [0.1, 0.15) is 57.4 Å². The van der Waals surface area contributed by atoms with Gasteiger partial charge in [-0.2, -0.15) is 0 Å². The van der Waals surface area contributed by atoms with E-state index in [2.05, 4.69) is 24.2 Å². The molecular weight excluding hydrogens is 460 g/mol. The molecule has 0 spiro atoms. The number of imide groups is 1. The van der Waals surface area contributed by atoms with Crippen molar-refractivity contribution in [1.29, 1.82) is 0 Å². The molecule has 4 heterocycles. The maximum Gasteiger partial charge on any atom is 0.325 e. The molecule has 0 unspecified atom stereocenters. The van der Waals surface area contributed by atoms with Gasteiger partial charge in [0.1, 0.15) is 5.54 Å². The lowest BCUT2D eigenvalue weighted by Gasteiger charge is -2.41. The Kier molecular flexibility index (Phi) is 7.10. The fourth-order valence-corrected chi connectivity index (χ4v) is 6.47. The van der Waals surface area contributed by atoms with Gasteiger partial charge in [0.15, 0.2) is 11.5 Å². The monoisotopic (exact) mass is 498 g/mol. The minimum absolute atomic E-state index is 0.0302. The number of ether oxygens (including phenoxy) is 2. The van der Waals surface area contributed by atoms with E-state index in [0.717, 1.165) is 31.4 Å². The number of amides is 4. The number of rotatable bonds is 8. The lowest BCUT2D eigenvalue weighted by Crippen LogP contribution is -2.56. The Morgan fingerprint density at radius 2 is 1.89 bits per heavy atom. The standard InChI is InChI=1S/C27H38N4O5/c1-3-11-27(25(33)31(26(34)28-27)15-10-21-5-4-12-29(21)2)20-8-13-30(14-9-20)24(32)17-19-6-7-22-23(16-19)36-18-35-22/h6-7,16,20-21H,3-5,8-15,17-18H2,1-2H3,(H,28,34)/t21-,27+/m1/s1. The first kappa shape index (κ1) is 24.9. The van der Waals surface area contributed by atoms with E-state index in [1.807, 2.05) is 23.1 Å². The van der Waals surface area contributed by atoms with E-state index in [0.29, 0.717) is 62.9 Å². The molecule has 1 aromatic carbocycles. The number of urea groups is 1. The zero-order valence-electron chi connectivity index (χ0n) is 21.5. The lowest BCUT2D eigenvalue weighted by atomic mass is 9.74. The van der Waals surface area contributed by atoms with E-state index in [1.165, 1.54) is 11.3 Å². The fraction of sp³-hybridized carbons (Fsp3) is 0.667. The van der Waals surface area contributed by atoms with Crippen molar-refractivity contribution in [3.63, 3.8) is 0 Å². The molecule has 2 atom stereocenters. The maximum atomic E-state index is 13.7. The number of hydrogen-bond acceptors (Lipinski definition) is 6. The van der Waals surface area contributed by atoms with Crippen LogP contribution in [-0.4, -0.2) is 84.1 Å². The highest BCUT2D eigenvalue weighted by Crippen LogP contribution is 2.38. The number of hydrogen-bond donors (Lipinski definition) is 1. The molecule has 1 aromatic rings. The molecule has 0 saturated carbocycles. The summed E-state index contributed by atoms with van der Waals surface area (Å²) >= 11 is 0. The topological polar surface area (TPSA) is 91.4 Å². The third kappa shape index (κ3) is 4.65. The predicted octanol–water partition coefficient (Wildman–Crippen LogP) is 2.77. The van der Waals surface area contributed by atoms with Crippen molar-refractivity contribution in [3.8, 4) is 11.5 Å². The van der Waals surface area contributed by atoms with Crippen LogP contribution in [0.3, 0.4) is 0 Å². The SMILES string of the molecule is CCC[C@@]1(C2CCN(C(=O)Cc3ccc4c(c3)OCO4)CC2)NC(=O)N(CC[C@H]2CCCN2C)C1=O. The molecule has 36 heavy (non-hydrogen) atoms. The summed E-state index contributed by atoms with van der Waals surface area (Å²) in [7, 11) is 2.12. The van der Waals surface area contributed by atoms with Crippen LogP contribution in [0, 0.1) is 5.92 Å². The predicted molar refractivity (Wildman–Crippen MR) is 134 cm³/mol. The molecule has 5 rings (SSSR count). The van der Waals surface area contributed by atoms with Crippen molar-refractivity contribution in [3.05, 3.63) is 23.8 Å². The average molecular weight is 499 g/mol. The normalized spacial score (nSPS) is 26.7. The van der Waals surface area contributed by atoms with E-state index >= 15 is 0 Å². The van der Waals surface area contributed by atoms with Gasteiger partial charge in [-0.3, -0.25) is 14.5 Å². The molecule has 9 heteroatoms. The van der Waals surface area contributed by atoms with Gasteiger partial charge >= 0.3 is 6.03 Å². The second kappa shape index (κ2) is 10.3. The smallest absolute Gasteiger partial charge is 0.325 e. The summed E-state index contributed by atoms with van der Waals surface area (Å²) in [6.07, 6.45) is 6.29. The molecule has 196 valence electrons. The Morgan fingerprint density at radius 3 is 2.61 bits per heavy atom. The van der Waals surface area contributed by atoms with Gasteiger partial charge in [0, 0.05) is 25.7 Å². The zero-order chi connectivity index (χ0) is 25.3. The largest absolute Gasteiger partial charge is 0.454 e. The van der Waals surface area contributed by atoms with Crippen molar-refractivity contribution >= 4 is 17.8 Å². The van der Waals surface area contributed by atoms with E-state index in [9.17, 15) is 14.4 Å². The number of piperidine rings is 1. The molecule has 4 aliphatic heterocycles. The molecule has 4 amide bonds. The number of benzene rings is 1. The highest BCUT2D eigenvalue weighted by molar-refractivity contribution is 6.07. The van der Waals surface area contributed by atoms with E-state index in [-0.39, 0.29) is 30.6 Å². The van der Waals surface area contributed by atoms with Gasteiger partial charge in [-0.1, -0.05) is 19.4 Å². The van der Waals surface area contributed by atoms with Crippen molar-refractivity contribution in [1.82, 2.24) is 20.0 Å². The van der Waals surface area contributed by atoms with Gasteiger partial charge < -0.3 is 24.6 Å². The van der Waals surface area contributed by atoms with Crippen LogP contribution in [0.2, 0.25) is 0 Å². The molecular formula is C27H38N4O5. The van der Waals surface area contributed by atoms with Crippen molar-refractivity contribution in [2.75, 3.05) is 40.0 Å². The van der Waals surface area contributed by atoms with Crippen molar-refractivity contribution in [2.45, 2.75) is 69.9 Å². The molecule has 9 nitrogen and oxygen atoms in total. The molecule has 0 aliphatic carbocycles. The van der Waals surface area contributed by atoms with Gasteiger partial charge in [0.05, 0.1) is 6.42 Å². The third-order valence-corrected chi connectivity index (χ3v) is 8.54. The molecule has 0 aromatic heterocycles. The van der Waals surface area contributed by atoms with Gasteiger partial charge in [-0.25, -0.2) is 4.79 Å². The Hall–Kier alpha value is -2.81. The number of likely N-dealkylation sites (tertiary alicyclic amines) is 2. The minimum atomic E-state index is -0.847. The van der Waals surface area contributed by atoms with Gasteiger partial charge in [-0.15, -0.1) is 0 Å². The van der Waals surface area contributed by atoms with Crippen LogP contribution in [0.25, 0.3) is 0 Å². The number of nitrogens with one attached hydrogen (secondary N) is 1. The molecule has 1 N–H and O–H groups in total. The minimum Gasteiger partial charge on any atom is -0.454 e. The van der Waals surface area contributed by atoms with Gasteiger partial charge in [-0.05, 0) is 75.7 Å². The Bertz CT molecular complexity index is 1010. The average Bonchev–Trinajstić information content (AvgIpc) is 3.57. The van der Waals surface area contributed by atoms with Crippen LogP contribution in [0.15, 0.2) is 18.2 Å². The van der Waals surface area contributed by atoms with Crippen LogP contribution < -0.4 is 14.8 Å². The van der Waals surface area contributed by atoms with Crippen LogP contribution in [0.5, 0.6) is 11.5 Å². The molecule has 3 saturated heterocycles. The Balaban J connectivity index is 1.19. The van der Waals surface area contributed by atoms with Crippen molar-refractivity contribution < 1.29 is 23.9 Å². The van der Waals surface area contributed by atoms with E-state index in [4.69, 9.17) is 9.47 Å². The third-order valence-electron chi connectivity index (χ3n) is 8.54.